The van der Waals surface area contributed by atoms with Gasteiger partial charge in [-0.15, -0.1) is 0 Å². The zero-order valence-corrected chi connectivity index (χ0v) is 10.6. The van der Waals surface area contributed by atoms with Gasteiger partial charge in [0.25, 0.3) is 0 Å². The normalized spacial score (nSPS) is 29.9. The van der Waals surface area contributed by atoms with Crippen molar-refractivity contribution >= 4 is 0 Å². The summed E-state index contributed by atoms with van der Waals surface area (Å²) in [5, 5.41) is 3.69. The molecular formula is C16H23N. The van der Waals surface area contributed by atoms with Crippen LogP contribution in [0.4, 0.5) is 0 Å². The summed E-state index contributed by atoms with van der Waals surface area (Å²) in [4.78, 5) is 0. The molecule has 1 heteroatoms. The Kier molecular flexibility index (Phi) is 3.46. The van der Waals surface area contributed by atoms with Crippen molar-refractivity contribution in [2.75, 3.05) is 6.54 Å². The maximum Gasteiger partial charge on any atom is 0.0139 e. The van der Waals surface area contributed by atoms with Crippen molar-refractivity contribution in [2.24, 2.45) is 11.8 Å². The number of hydrogen-bond donors (Lipinski definition) is 1. The van der Waals surface area contributed by atoms with E-state index in [-0.39, 0.29) is 0 Å². The first-order valence-electron chi connectivity index (χ1n) is 7.21. The average Bonchev–Trinajstić information content (AvgIpc) is 2.37. The van der Waals surface area contributed by atoms with E-state index in [1.165, 1.54) is 50.6 Å². The van der Waals surface area contributed by atoms with Crippen molar-refractivity contribution in [1.82, 2.24) is 5.32 Å². The minimum Gasteiger partial charge on any atom is -0.313 e. The van der Waals surface area contributed by atoms with E-state index >= 15 is 0 Å². The molecule has 0 radical (unpaired) electrons. The monoisotopic (exact) mass is 229 g/mol. The lowest BCUT2D eigenvalue weighted by molar-refractivity contribution is 0.130. The van der Waals surface area contributed by atoms with Crippen LogP contribution in [-0.4, -0.2) is 12.6 Å². The van der Waals surface area contributed by atoms with E-state index in [0.717, 1.165) is 17.9 Å². The molecule has 0 amide bonds. The Morgan fingerprint density at radius 3 is 2.41 bits per heavy atom. The first-order chi connectivity index (χ1) is 8.43. The standard InChI is InChI=1S/C16H23N/c1-3-7-13(8-4-1)11-15-12-17-16(15)14-9-5-2-6-10-14/h1,3-4,7-8,14-17H,2,5-6,9-12H2. The fourth-order valence-corrected chi connectivity index (χ4v) is 3.58. The van der Waals surface area contributed by atoms with Gasteiger partial charge >= 0.3 is 0 Å². The van der Waals surface area contributed by atoms with Crippen molar-refractivity contribution in [1.29, 1.82) is 0 Å². The fraction of sp³-hybridized carbons (Fsp3) is 0.625. The third-order valence-corrected chi connectivity index (χ3v) is 4.62. The summed E-state index contributed by atoms with van der Waals surface area (Å²) in [6.45, 7) is 1.23. The van der Waals surface area contributed by atoms with Gasteiger partial charge in [-0.1, -0.05) is 49.6 Å². The maximum atomic E-state index is 3.69. The summed E-state index contributed by atoms with van der Waals surface area (Å²) in [6, 6.07) is 11.8. The molecule has 1 N–H and O–H groups in total. The minimum atomic E-state index is 0.815. The smallest absolute Gasteiger partial charge is 0.0139 e. The Morgan fingerprint density at radius 2 is 1.76 bits per heavy atom. The first kappa shape index (κ1) is 11.3. The molecule has 1 aliphatic carbocycles. The second-order valence-corrected chi connectivity index (χ2v) is 5.78. The Hall–Kier alpha value is -0.820. The molecule has 0 bridgehead atoms. The van der Waals surface area contributed by atoms with E-state index in [1.807, 2.05) is 0 Å². The van der Waals surface area contributed by atoms with Crippen LogP contribution >= 0.6 is 0 Å². The molecular weight excluding hydrogens is 206 g/mol. The molecule has 17 heavy (non-hydrogen) atoms. The molecule has 0 spiro atoms. The molecule has 1 aromatic carbocycles. The summed E-state index contributed by atoms with van der Waals surface area (Å²) in [5.74, 6) is 1.85. The van der Waals surface area contributed by atoms with E-state index in [0.29, 0.717) is 0 Å². The first-order valence-corrected chi connectivity index (χ1v) is 7.21. The van der Waals surface area contributed by atoms with Crippen molar-refractivity contribution in [3.63, 3.8) is 0 Å². The van der Waals surface area contributed by atoms with Crippen LogP contribution in [-0.2, 0) is 6.42 Å². The molecule has 1 aromatic rings. The maximum absolute atomic E-state index is 3.69. The number of benzene rings is 1. The molecule has 2 fully saturated rings. The highest BCUT2D eigenvalue weighted by atomic mass is 15.0. The van der Waals surface area contributed by atoms with Gasteiger partial charge in [0.1, 0.15) is 0 Å². The van der Waals surface area contributed by atoms with Crippen molar-refractivity contribution in [3.8, 4) is 0 Å². The molecule has 1 saturated heterocycles. The van der Waals surface area contributed by atoms with Gasteiger partial charge in [-0.25, -0.2) is 0 Å². The quantitative estimate of drug-likeness (QED) is 0.837. The van der Waals surface area contributed by atoms with Crippen molar-refractivity contribution in [3.05, 3.63) is 35.9 Å². The van der Waals surface area contributed by atoms with Gasteiger partial charge in [-0.3, -0.25) is 0 Å². The molecule has 1 aliphatic heterocycles. The Morgan fingerprint density at radius 1 is 1.00 bits per heavy atom. The van der Waals surface area contributed by atoms with Crippen LogP contribution in [0.15, 0.2) is 30.3 Å². The van der Waals surface area contributed by atoms with E-state index < -0.39 is 0 Å². The van der Waals surface area contributed by atoms with Gasteiger partial charge in [0, 0.05) is 12.6 Å². The summed E-state index contributed by atoms with van der Waals surface area (Å²) in [7, 11) is 0. The molecule has 1 nitrogen and oxygen atoms in total. The third kappa shape index (κ3) is 2.55. The summed E-state index contributed by atoms with van der Waals surface area (Å²) < 4.78 is 0. The second-order valence-electron chi connectivity index (χ2n) is 5.78. The van der Waals surface area contributed by atoms with E-state index in [4.69, 9.17) is 0 Å². The highest BCUT2D eigenvalue weighted by Crippen LogP contribution is 2.34. The average molecular weight is 229 g/mol. The van der Waals surface area contributed by atoms with Crippen LogP contribution in [0.25, 0.3) is 0 Å². The predicted molar refractivity (Wildman–Crippen MR) is 72.0 cm³/mol. The van der Waals surface area contributed by atoms with Crippen LogP contribution < -0.4 is 5.32 Å². The zero-order chi connectivity index (χ0) is 11.5. The molecule has 3 rings (SSSR count). The number of hydrogen-bond acceptors (Lipinski definition) is 1. The lowest BCUT2D eigenvalue weighted by Crippen LogP contribution is -2.57. The highest BCUT2D eigenvalue weighted by Gasteiger charge is 2.36. The van der Waals surface area contributed by atoms with Gasteiger partial charge in [0.2, 0.25) is 0 Å². The van der Waals surface area contributed by atoms with Gasteiger partial charge in [-0.2, -0.15) is 0 Å². The van der Waals surface area contributed by atoms with Crippen molar-refractivity contribution < 1.29 is 0 Å². The SMILES string of the molecule is c1ccc(CC2CNC2C2CCCCC2)cc1. The van der Waals surface area contributed by atoms with E-state index in [2.05, 4.69) is 35.6 Å². The largest absolute Gasteiger partial charge is 0.313 e. The van der Waals surface area contributed by atoms with Crippen LogP contribution in [0, 0.1) is 11.8 Å². The predicted octanol–water partition coefficient (Wildman–Crippen LogP) is 3.40. The topological polar surface area (TPSA) is 12.0 Å². The van der Waals surface area contributed by atoms with Gasteiger partial charge in [0.15, 0.2) is 0 Å². The van der Waals surface area contributed by atoms with Crippen LogP contribution in [0.2, 0.25) is 0 Å². The molecule has 0 aromatic heterocycles. The molecule has 1 heterocycles. The van der Waals surface area contributed by atoms with Crippen LogP contribution in [0.1, 0.15) is 37.7 Å². The zero-order valence-electron chi connectivity index (χ0n) is 10.6. The Bertz CT molecular complexity index is 340. The van der Waals surface area contributed by atoms with E-state index in [1.54, 1.807) is 0 Å². The molecule has 2 unspecified atom stereocenters. The number of nitrogens with one attached hydrogen (secondary N) is 1. The molecule has 2 aliphatic rings. The van der Waals surface area contributed by atoms with E-state index in [9.17, 15) is 0 Å². The lowest BCUT2D eigenvalue weighted by Gasteiger charge is -2.45. The fourth-order valence-electron chi connectivity index (χ4n) is 3.58. The Balaban J connectivity index is 1.57. The third-order valence-electron chi connectivity index (χ3n) is 4.62. The Labute approximate surface area is 105 Å². The lowest BCUT2D eigenvalue weighted by atomic mass is 9.73. The molecule has 92 valence electrons. The summed E-state index contributed by atoms with van der Waals surface area (Å²) in [6.07, 6.45) is 8.58. The van der Waals surface area contributed by atoms with Crippen LogP contribution in [0.5, 0.6) is 0 Å². The summed E-state index contributed by atoms with van der Waals surface area (Å²) >= 11 is 0. The van der Waals surface area contributed by atoms with Crippen molar-refractivity contribution in [2.45, 2.75) is 44.6 Å². The number of rotatable bonds is 3. The van der Waals surface area contributed by atoms with Gasteiger partial charge in [-0.05, 0) is 36.7 Å². The van der Waals surface area contributed by atoms with Crippen LogP contribution in [0.3, 0.4) is 0 Å². The summed E-state index contributed by atoms with van der Waals surface area (Å²) in [5.41, 5.74) is 1.51. The van der Waals surface area contributed by atoms with Gasteiger partial charge < -0.3 is 5.32 Å². The molecule has 1 saturated carbocycles. The second kappa shape index (κ2) is 5.22. The van der Waals surface area contributed by atoms with Gasteiger partial charge in [0.05, 0.1) is 0 Å². The minimum absolute atomic E-state index is 0.815. The highest BCUT2D eigenvalue weighted by molar-refractivity contribution is 5.16. The molecule has 2 atom stereocenters.